The number of rotatable bonds is 14. The van der Waals surface area contributed by atoms with Crippen LogP contribution in [0.2, 0.25) is 0 Å². The molecule has 0 saturated heterocycles. The third-order valence-electron chi connectivity index (χ3n) is 8.39. The molecule has 1 aliphatic carbocycles. The number of amides is 2. The van der Waals surface area contributed by atoms with Crippen LogP contribution in [-0.2, 0) is 32.6 Å². The van der Waals surface area contributed by atoms with E-state index >= 15 is 4.39 Å². The number of halogens is 2. The van der Waals surface area contributed by atoms with Gasteiger partial charge < -0.3 is 15.0 Å². The van der Waals surface area contributed by atoms with Gasteiger partial charge in [-0.25, -0.2) is 17.2 Å². The van der Waals surface area contributed by atoms with Crippen LogP contribution in [0.5, 0.6) is 5.75 Å². The first-order valence-corrected chi connectivity index (χ1v) is 17.5. The van der Waals surface area contributed by atoms with Gasteiger partial charge in [0.15, 0.2) is 0 Å². The van der Waals surface area contributed by atoms with Gasteiger partial charge in [-0.2, -0.15) is 0 Å². The standard InChI is InChI=1S/C37H39F2N3O5S/c1-2-47-32-20-22-33(23-21-32)48(45,46)42(31-18-16-29(38)17-19-31)26-36(43)41(25-28-12-6-9-15-34(28)39)35(24-27-10-4-3-5-11-27)37(44)40-30-13-7-8-14-30/h3-6,9-12,15-23,30,35H,2,7-8,13-14,24-26H2,1H3,(H,40,44). The molecule has 4 aromatic rings. The Bertz CT molecular complexity index is 1780. The molecule has 0 aliphatic heterocycles. The number of carbonyl (C=O) groups is 2. The van der Waals surface area contributed by atoms with Crippen molar-refractivity contribution in [2.24, 2.45) is 0 Å². The van der Waals surface area contributed by atoms with Crippen molar-refractivity contribution < 1.29 is 31.5 Å². The van der Waals surface area contributed by atoms with E-state index in [9.17, 15) is 22.4 Å². The normalized spacial score (nSPS) is 13.9. The van der Waals surface area contributed by atoms with Crippen LogP contribution in [0.15, 0.2) is 108 Å². The van der Waals surface area contributed by atoms with E-state index in [0.717, 1.165) is 47.7 Å². The molecule has 1 aliphatic rings. The first-order chi connectivity index (χ1) is 23.2. The molecule has 0 radical (unpaired) electrons. The zero-order chi connectivity index (χ0) is 34.1. The zero-order valence-electron chi connectivity index (χ0n) is 26.7. The molecule has 4 aromatic carbocycles. The quantitative estimate of drug-likeness (QED) is 0.170. The molecule has 1 fully saturated rings. The Morgan fingerprint density at radius 1 is 0.875 bits per heavy atom. The highest BCUT2D eigenvalue weighted by molar-refractivity contribution is 7.92. The summed E-state index contributed by atoms with van der Waals surface area (Å²) in [6, 6.07) is 24.4. The summed E-state index contributed by atoms with van der Waals surface area (Å²) in [5, 5.41) is 3.09. The van der Waals surface area contributed by atoms with Gasteiger partial charge in [0.25, 0.3) is 10.0 Å². The van der Waals surface area contributed by atoms with Crippen LogP contribution in [0.25, 0.3) is 0 Å². The van der Waals surface area contributed by atoms with E-state index in [1.807, 2.05) is 30.3 Å². The highest BCUT2D eigenvalue weighted by Gasteiger charge is 2.36. The van der Waals surface area contributed by atoms with Crippen molar-refractivity contribution >= 4 is 27.5 Å². The van der Waals surface area contributed by atoms with Gasteiger partial charge in [-0.05, 0) is 79.9 Å². The summed E-state index contributed by atoms with van der Waals surface area (Å²) in [7, 11) is -4.40. The zero-order valence-corrected chi connectivity index (χ0v) is 27.5. The summed E-state index contributed by atoms with van der Waals surface area (Å²) in [4.78, 5) is 29.7. The molecule has 1 atom stereocenters. The van der Waals surface area contributed by atoms with Crippen molar-refractivity contribution in [1.29, 1.82) is 0 Å². The van der Waals surface area contributed by atoms with Gasteiger partial charge in [-0.3, -0.25) is 13.9 Å². The Morgan fingerprint density at radius 3 is 2.17 bits per heavy atom. The Hall–Kier alpha value is -4.77. The molecule has 8 nitrogen and oxygen atoms in total. The van der Waals surface area contributed by atoms with Crippen LogP contribution in [0.1, 0.15) is 43.7 Å². The molecular weight excluding hydrogens is 636 g/mol. The number of benzene rings is 4. The van der Waals surface area contributed by atoms with Gasteiger partial charge in [-0.1, -0.05) is 61.4 Å². The Balaban J connectivity index is 1.56. The largest absolute Gasteiger partial charge is 0.494 e. The number of anilines is 1. The SMILES string of the molecule is CCOc1ccc(S(=O)(=O)N(CC(=O)N(Cc2ccccc2F)C(Cc2ccccc2)C(=O)NC2CCCC2)c2ccc(F)cc2)cc1. The summed E-state index contributed by atoms with van der Waals surface area (Å²) in [6.45, 7) is 1.16. The second kappa shape index (κ2) is 15.9. The molecule has 11 heteroatoms. The van der Waals surface area contributed by atoms with Gasteiger partial charge in [0.1, 0.15) is 30.0 Å². The fourth-order valence-electron chi connectivity index (χ4n) is 5.87. The minimum absolute atomic E-state index is 0.0412. The number of hydrogen-bond acceptors (Lipinski definition) is 5. The molecule has 0 heterocycles. The van der Waals surface area contributed by atoms with Gasteiger partial charge in [0, 0.05) is 24.6 Å². The van der Waals surface area contributed by atoms with Crippen molar-refractivity contribution in [3.05, 3.63) is 126 Å². The third-order valence-corrected chi connectivity index (χ3v) is 10.2. The lowest BCUT2D eigenvalue weighted by atomic mass is 10.0. The topological polar surface area (TPSA) is 96.0 Å². The lowest BCUT2D eigenvalue weighted by molar-refractivity contribution is -0.140. The molecule has 1 unspecified atom stereocenters. The van der Waals surface area contributed by atoms with Gasteiger partial charge in [0.05, 0.1) is 17.2 Å². The predicted octanol–water partition coefficient (Wildman–Crippen LogP) is 6.26. The molecule has 1 N–H and O–H groups in total. The van der Waals surface area contributed by atoms with E-state index < -0.39 is 46.1 Å². The lowest BCUT2D eigenvalue weighted by Crippen LogP contribution is -2.54. The van der Waals surface area contributed by atoms with E-state index in [1.165, 1.54) is 59.5 Å². The monoisotopic (exact) mass is 675 g/mol. The molecule has 0 aromatic heterocycles. The van der Waals surface area contributed by atoms with Crippen LogP contribution < -0.4 is 14.4 Å². The van der Waals surface area contributed by atoms with E-state index in [1.54, 1.807) is 13.0 Å². The van der Waals surface area contributed by atoms with Crippen LogP contribution >= 0.6 is 0 Å². The summed E-state index contributed by atoms with van der Waals surface area (Å²) in [5.41, 5.74) is 0.979. The van der Waals surface area contributed by atoms with Gasteiger partial charge in [0.2, 0.25) is 11.8 Å². The van der Waals surface area contributed by atoms with E-state index in [4.69, 9.17) is 4.74 Å². The van der Waals surface area contributed by atoms with Crippen molar-refractivity contribution in [2.45, 2.75) is 62.6 Å². The predicted molar refractivity (Wildman–Crippen MR) is 180 cm³/mol. The third kappa shape index (κ3) is 8.57. The number of carbonyl (C=O) groups excluding carboxylic acids is 2. The Morgan fingerprint density at radius 2 is 1.52 bits per heavy atom. The maximum Gasteiger partial charge on any atom is 0.264 e. The first-order valence-electron chi connectivity index (χ1n) is 16.0. The molecule has 0 bridgehead atoms. The maximum atomic E-state index is 15.1. The minimum atomic E-state index is -4.40. The van der Waals surface area contributed by atoms with Gasteiger partial charge >= 0.3 is 0 Å². The van der Waals surface area contributed by atoms with Crippen molar-refractivity contribution in [1.82, 2.24) is 10.2 Å². The van der Waals surface area contributed by atoms with Crippen molar-refractivity contribution in [2.75, 3.05) is 17.5 Å². The average Bonchev–Trinajstić information content (AvgIpc) is 3.60. The summed E-state index contributed by atoms with van der Waals surface area (Å²) in [6.07, 6.45) is 3.68. The van der Waals surface area contributed by atoms with Crippen molar-refractivity contribution in [3.63, 3.8) is 0 Å². The smallest absolute Gasteiger partial charge is 0.264 e. The highest BCUT2D eigenvalue weighted by atomic mass is 32.2. The number of hydrogen-bond donors (Lipinski definition) is 1. The van der Waals surface area contributed by atoms with Crippen LogP contribution in [0.3, 0.4) is 0 Å². The molecule has 0 spiro atoms. The molecule has 5 rings (SSSR count). The van der Waals surface area contributed by atoms with Crippen LogP contribution in [0, 0.1) is 11.6 Å². The second-order valence-electron chi connectivity index (χ2n) is 11.7. The average molecular weight is 676 g/mol. The summed E-state index contributed by atoms with van der Waals surface area (Å²) in [5.74, 6) is -1.83. The Kier molecular flexibility index (Phi) is 11.4. The second-order valence-corrected chi connectivity index (χ2v) is 13.6. The fraction of sp³-hybridized carbons (Fsp3) is 0.297. The number of nitrogens with zero attached hydrogens (tertiary/aromatic N) is 2. The first kappa shape index (κ1) is 34.6. The van der Waals surface area contributed by atoms with E-state index in [-0.39, 0.29) is 35.2 Å². The minimum Gasteiger partial charge on any atom is -0.494 e. The number of sulfonamides is 1. The van der Waals surface area contributed by atoms with Crippen molar-refractivity contribution in [3.8, 4) is 5.75 Å². The molecule has 252 valence electrons. The van der Waals surface area contributed by atoms with E-state index in [2.05, 4.69) is 5.32 Å². The maximum absolute atomic E-state index is 15.1. The summed E-state index contributed by atoms with van der Waals surface area (Å²) >= 11 is 0. The van der Waals surface area contributed by atoms with Gasteiger partial charge in [-0.15, -0.1) is 0 Å². The summed E-state index contributed by atoms with van der Waals surface area (Å²) < 4.78 is 63.8. The molecular formula is C37H39F2N3O5S. The molecule has 2 amide bonds. The van der Waals surface area contributed by atoms with E-state index in [0.29, 0.717) is 12.4 Å². The number of ether oxygens (including phenoxy) is 1. The number of nitrogens with one attached hydrogen (secondary N) is 1. The van der Waals surface area contributed by atoms with Crippen LogP contribution in [0.4, 0.5) is 14.5 Å². The highest BCUT2D eigenvalue weighted by Crippen LogP contribution is 2.27. The Labute approximate surface area is 280 Å². The molecule has 1 saturated carbocycles. The van der Waals surface area contributed by atoms with Crippen LogP contribution in [-0.4, -0.2) is 50.4 Å². The molecule has 48 heavy (non-hydrogen) atoms. The fourth-order valence-corrected chi connectivity index (χ4v) is 7.28. The lowest BCUT2D eigenvalue weighted by Gasteiger charge is -2.34.